The number of hydrogen-bond donors (Lipinski definition) is 1. The van der Waals surface area contributed by atoms with Crippen molar-refractivity contribution in [1.29, 1.82) is 0 Å². The normalized spacial score (nSPS) is 21.1. The summed E-state index contributed by atoms with van der Waals surface area (Å²) in [4.78, 5) is 14.5. The second-order valence-electron chi connectivity index (χ2n) is 7.06. The standard InChI is InChI=1S/C19H26BrNO2/c20-13-15-6-5-7-16(12-15)14-21(17-8-1-2-9-17)19(18(22)23)10-3-4-11-19/h5-7,12,17H,1-4,8-11,13-14H2,(H,22,23). The second-order valence-corrected chi connectivity index (χ2v) is 7.62. The quantitative estimate of drug-likeness (QED) is 0.726. The number of benzene rings is 1. The van der Waals surface area contributed by atoms with E-state index < -0.39 is 11.5 Å². The van der Waals surface area contributed by atoms with E-state index >= 15 is 0 Å². The van der Waals surface area contributed by atoms with E-state index in [1.807, 2.05) is 0 Å². The van der Waals surface area contributed by atoms with Gasteiger partial charge in [-0.2, -0.15) is 0 Å². The molecule has 0 atom stereocenters. The van der Waals surface area contributed by atoms with Gasteiger partial charge in [-0.05, 0) is 36.8 Å². The first-order valence-electron chi connectivity index (χ1n) is 8.80. The van der Waals surface area contributed by atoms with Crippen LogP contribution in [0.15, 0.2) is 24.3 Å². The van der Waals surface area contributed by atoms with Crippen LogP contribution in [-0.2, 0) is 16.7 Å². The summed E-state index contributed by atoms with van der Waals surface area (Å²) in [6.07, 6.45) is 8.44. The Bertz CT molecular complexity index is 548. The molecule has 2 aliphatic rings. The molecule has 3 nitrogen and oxygen atoms in total. The zero-order chi connectivity index (χ0) is 16.3. The minimum Gasteiger partial charge on any atom is -0.480 e. The second kappa shape index (κ2) is 7.35. The third-order valence-electron chi connectivity index (χ3n) is 5.64. The molecule has 0 bridgehead atoms. The Balaban J connectivity index is 1.90. The molecule has 0 amide bonds. The van der Waals surface area contributed by atoms with E-state index in [0.29, 0.717) is 6.04 Å². The number of aliphatic carboxylic acids is 1. The monoisotopic (exact) mass is 379 g/mol. The predicted octanol–water partition coefficient (Wildman–Crippen LogP) is 4.72. The van der Waals surface area contributed by atoms with Crippen LogP contribution in [-0.4, -0.2) is 27.6 Å². The number of hydrogen-bond acceptors (Lipinski definition) is 2. The summed E-state index contributed by atoms with van der Waals surface area (Å²) in [5.41, 5.74) is 1.85. The van der Waals surface area contributed by atoms with E-state index in [4.69, 9.17) is 0 Å². The summed E-state index contributed by atoms with van der Waals surface area (Å²) in [7, 11) is 0. The Morgan fingerprint density at radius 2 is 1.83 bits per heavy atom. The van der Waals surface area contributed by atoms with E-state index in [2.05, 4.69) is 45.1 Å². The molecule has 4 heteroatoms. The number of carbonyl (C=O) groups is 1. The lowest BCUT2D eigenvalue weighted by Gasteiger charge is -2.42. The summed E-state index contributed by atoms with van der Waals surface area (Å²) in [6, 6.07) is 8.97. The first kappa shape index (κ1) is 17.0. The molecular formula is C19H26BrNO2. The van der Waals surface area contributed by atoms with Gasteiger partial charge >= 0.3 is 5.97 Å². The molecule has 0 aromatic heterocycles. The Hall–Kier alpha value is -0.870. The molecule has 1 aromatic carbocycles. The highest BCUT2D eigenvalue weighted by Crippen LogP contribution is 2.41. The van der Waals surface area contributed by atoms with Gasteiger partial charge in [-0.25, -0.2) is 0 Å². The number of halogens is 1. The van der Waals surface area contributed by atoms with Gasteiger partial charge in [0.25, 0.3) is 0 Å². The topological polar surface area (TPSA) is 40.5 Å². The fourth-order valence-electron chi connectivity index (χ4n) is 4.44. The van der Waals surface area contributed by atoms with E-state index in [0.717, 1.165) is 50.4 Å². The van der Waals surface area contributed by atoms with Crippen molar-refractivity contribution in [3.8, 4) is 0 Å². The third kappa shape index (κ3) is 3.48. The van der Waals surface area contributed by atoms with Crippen LogP contribution in [0.2, 0.25) is 0 Å². The molecular weight excluding hydrogens is 354 g/mol. The van der Waals surface area contributed by atoms with Crippen molar-refractivity contribution in [3.05, 3.63) is 35.4 Å². The first-order chi connectivity index (χ1) is 11.2. The molecule has 1 N–H and O–H groups in total. The Morgan fingerprint density at radius 3 is 2.43 bits per heavy atom. The van der Waals surface area contributed by atoms with Crippen molar-refractivity contribution < 1.29 is 9.90 Å². The maximum atomic E-state index is 12.2. The zero-order valence-corrected chi connectivity index (χ0v) is 15.2. The molecule has 2 fully saturated rings. The van der Waals surface area contributed by atoms with Gasteiger partial charge in [0.05, 0.1) is 0 Å². The van der Waals surface area contributed by atoms with Crippen LogP contribution in [0, 0.1) is 0 Å². The summed E-state index contributed by atoms with van der Waals surface area (Å²) in [5.74, 6) is -0.612. The molecule has 2 saturated carbocycles. The molecule has 3 rings (SSSR count). The summed E-state index contributed by atoms with van der Waals surface area (Å²) >= 11 is 3.52. The molecule has 0 heterocycles. The fraction of sp³-hybridized carbons (Fsp3) is 0.632. The summed E-state index contributed by atoms with van der Waals surface area (Å²) < 4.78 is 0. The zero-order valence-electron chi connectivity index (χ0n) is 13.6. The average molecular weight is 380 g/mol. The molecule has 126 valence electrons. The van der Waals surface area contributed by atoms with Gasteiger partial charge in [-0.15, -0.1) is 0 Å². The number of carboxylic acids is 1. The lowest BCUT2D eigenvalue weighted by Crippen LogP contribution is -2.56. The van der Waals surface area contributed by atoms with Crippen molar-refractivity contribution in [1.82, 2.24) is 4.90 Å². The van der Waals surface area contributed by atoms with Crippen LogP contribution in [0.1, 0.15) is 62.5 Å². The summed E-state index contributed by atoms with van der Waals surface area (Å²) in [5, 5.41) is 10.9. The van der Waals surface area contributed by atoms with Crippen LogP contribution in [0.3, 0.4) is 0 Å². The number of nitrogens with zero attached hydrogens (tertiary/aromatic N) is 1. The van der Waals surface area contributed by atoms with Crippen molar-refractivity contribution in [2.24, 2.45) is 0 Å². The highest BCUT2D eigenvalue weighted by atomic mass is 79.9. The van der Waals surface area contributed by atoms with Crippen LogP contribution in [0.5, 0.6) is 0 Å². The lowest BCUT2D eigenvalue weighted by atomic mass is 9.91. The smallest absolute Gasteiger partial charge is 0.324 e. The molecule has 0 radical (unpaired) electrons. The lowest BCUT2D eigenvalue weighted by molar-refractivity contribution is -0.154. The van der Waals surface area contributed by atoms with Crippen LogP contribution >= 0.6 is 15.9 Å². The van der Waals surface area contributed by atoms with E-state index in [9.17, 15) is 9.90 Å². The van der Waals surface area contributed by atoms with Crippen molar-refractivity contribution in [2.45, 2.75) is 74.8 Å². The SMILES string of the molecule is O=C(O)C1(N(Cc2cccc(CBr)c2)C2CCCC2)CCCC1. The van der Waals surface area contributed by atoms with Crippen LogP contribution in [0.4, 0.5) is 0 Å². The summed E-state index contributed by atoms with van der Waals surface area (Å²) in [6.45, 7) is 0.762. The van der Waals surface area contributed by atoms with Gasteiger partial charge < -0.3 is 5.11 Å². The molecule has 2 aliphatic carbocycles. The Labute approximate surface area is 147 Å². The molecule has 1 aromatic rings. The largest absolute Gasteiger partial charge is 0.480 e. The molecule has 0 saturated heterocycles. The number of rotatable bonds is 6. The minimum atomic E-state index is -0.639. The van der Waals surface area contributed by atoms with Gasteiger partial charge in [0.1, 0.15) is 5.54 Å². The Morgan fingerprint density at radius 1 is 1.17 bits per heavy atom. The molecule has 0 spiro atoms. The van der Waals surface area contributed by atoms with Gasteiger partial charge in [0.2, 0.25) is 0 Å². The highest BCUT2D eigenvalue weighted by Gasteiger charge is 2.49. The Kier molecular flexibility index (Phi) is 5.42. The predicted molar refractivity (Wildman–Crippen MR) is 95.7 cm³/mol. The number of carboxylic acid groups (broad SMARTS) is 1. The van der Waals surface area contributed by atoms with Crippen LogP contribution < -0.4 is 0 Å². The van der Waals surface area contributed by atoms with E-state index in [1.54, 1.807) is 0 Å². The first-order valence-corrected chi connectivity index (χ1v) is 9.92. The van der Waals surface area contributed by atoms with Gasteiger partial charge in [-0.3, -0.25) is 9.69 Å². The van der Waals surface area contributed by atoms with Crippen molar-refractivity contribution in [3.63, 3.8) is 0 Å². The third-order valence-corrected chi connectivity index (χ3v) is 6.29. The maximum absolute atomic E-state index is 12.2. The average Bonchev–Trinajstić information content (AvgIpc) is 3.25. The van der Waals surface area contributed by atoms with Gasteiger partial charge in [-0.1, -0.05) is 65.9 Å². The number of alkyl halides is 1. The highest BCUT2D eigenvalue weighted by molar-refractivity contribution is 9.08. The molecule has 23 heavy (non-hydrogen) atoms. The van der Waals surface area contributed by atoms with Gasteiger partial charge in [0, 0.05) is 17.9 Å². The van der Waals surface area contributed by atoms with Crippen molar-refractivity contribution in [2.75, 3.05) is 0 Å². The van der Waals surface area contributed by atoms with Gasteiger partial charge in [0.15, 0.2) is 0 Å². The fourth-order valence-corrected chi connectivity index (χ4v) is 4.79. The maximum Gasteiger partial charge on any atom is 0.324 e. The van der Waals surface area contributed by atoms with Crippen LogP contribution in [0.25, 0.3) is 0 Å². The minimum absolute atomic E-state index is 0.428. The molecule has 0 aliphatic heterocycles. The van der Waals surface area contributed by atoms with E-state index in [1.165, 1.54) is 24.0 Å². The van der Waals surface area contributed by atoms with E-state index in [-0.39, 0.29) is 0 Å². The molecule has 0 unspecified atom stereocenters. The van der Waals surface area contributed by atoms with Crippen molar-refractivity contribution >= 4 is 21.9 Å².